The van der Waals surface area contributed by atoms with Crippen LogP contribution in [0.1, 0.15) is 20.8 Å². The van der Waals surface area contributed by atoms with Crippen LogP contribution in [0.25, 0.3) is 0 Å². The minimum Gasteiger partial charge on any atom is -0.490 e. The number of amides is 1. The second kappa shape index (κ2) is 7.64. The van der Waals surface area contributed by atoms with Gasteiger partial charge in [0.2, 0.25) is 5.91 Å². The van der Waals surface area contributed by atoms with Crippen LogP contribution in [0.5, 0.6) is 5.75 Å². The van der Waals surface area contributed by atoms with Gasteiger partial charge in [-0.25, -0.2) is 4.68 Å². The Morgan fingerprint density at radius 3 is 2.75 bits per heavy atom. The molecule has 1 heterocycles. The average molecular weight is 282 g/mol. The molecule has 0 aliphatic rings. The Hall–Kier alpha value is -1.89. The van der Waals surface area contributed by atoms with Gasteiger partial charge < -0.3 is 15.8 Å². The van der Waals surface area contributed by atoms with E-state index in [-0.39, 0.29) is 24.1 Å². The monoisotopic (exact) mass is 282 g/mol. The summed E-state index contributed by atoms with van der Waals surface area (Å²) < 4.78 is 6.38. The number of carbonyl (C=O) groups excluding carboxylic acids is 1. The van der Waals surface area contributed by atoms with Crippen molar-refractivity contribution in [1.29, 1.82) is 0 Å². The maximum absolute atomic E-state index is 11.8. The van der Waals surface area contributed by atoms with Crippen LogP contribution < -0.4 is 21.3 Å². The number of aromatic nitrogens is 2. The van der Waals surface area contributed by atoms with Crippen molar-refractivity contribution in [3.63, 3.8) is 0 Å². The molecule has 0 aromatic carbocycles. The molecule has 0 saturated heterocycles. The third kappa shape index (κ3) is 5.83. The van der Waals surface area contributed by atoms with Gasteiger partial charge in [0.1, 0.15) is 18.9 Å². The Balaban J connectivity index is 2.59. The van der Waals surface area contributed by atoms with Gasteiger partial charge in [0.25, 0.3) is 5.56 Å². The highest BCUT2D eigenvalue weighted by Gasteiger charge is 2.07. The van der Waals surface area contributed by atoms with Crippen molar-refractivity contribution in [2.45, 2.75) is 33.4 Å². The van der Waals surface area contributed by atoms with Crippen molar-refractivity contribution in [3.8, 4) is 5.75 Å². The summed E-state index contributed by atoms with van der Waals surface area (Å²) in [6.45, 7) is 6.57. The highest BCUT2D eigenvalue weighted by Crippen LogP contribution is 2.03. The van der Waals surface area contributed by atoms with E-state index in [1.54, 1.807) is 6.92 Å². The van der Waals surface area contributed by atoms with E-state index in [1.807, 2.05) is 13.8 Å². The van der Waals surface area contributed by atoms with Crippen LogP contribution in [0, 0.1) is 5.92 Å². The lowest BCUT2D eigenvalue weighted by atomic mass is 10.2. The lowest BCUT2D eigenvalue weighted by molar-refractivity contribution is -0.122. The zero-order valence-electron chi connectivity index (χ0n) is 12.1. The minimum atomic E-state index is -0.383. The van der Waals surface area contributed by atoms with E-state index in [9.17, 15) is 9.59 Å². The number of nitrogens with zero attached hydrogens (tertiary/aromatic N) is 2. The Kier molecular flexibility index (Phi) is 6.17. The number of carbonyl (C=O) groups is 1. The van der Waals surface area contributed by atoms with Crippen molar-refractivity contribution in [2.24, 2.45) is 11.7 Å². The van der Waals surface area contributed by atoms with Crippen LogP contribution >= 0.6 is 0 Å². The fourth-order valence-electron chi connectivity index (χ4n) is 1.35. The molecule has 1 rings (SSSR count). The number of hydrogen-bond acceptors (Lipinski definition) is 5. The van der Waals surface area contributed by atoms with Gasteiger partial charge in [0, 0.05) is 18.7 Å². The predicted molar refractivity (Wildman–Crippen MR) is 75.5 cm³/mol. The Bertz CT molecular complexity index is 497. The molecule has 7 nitrogen and oxygen atoms in total. The van der Waals surface area contributed by atoms with E-state index in [0.29, 0.717) is 24.8 Å². The summed E-state index contributed by atoms with van der Waals surface area (Å²) in [7, 11) is 0. The van der Waals surface area contributed by atoms with Crippen molar-refractivity contribution in [1.82, 2.24) is 15.1 Å². The molecule has 1 atom stereocenters. The first-order chi connectivity index (χ1) is 9.38. The van der Waals surface area contributed by atoms with Crippen molar-refractivity contribution < 1.29 is 9.53 Å². The van der Waals surface area contributed by atoms with Gasteiger partial charge in [-0.3, -0.25) is 9.59 Å². The molecule has 1 aromatic heterocycles. The predicted octanol–water partition coefficient (Wildman–Crippen LogP) is -0.258. The highest BCUT2D eigenvalue weighted by molar-refractivity contribution is 5.75. The van der Waals surface area contributed by atoms with E-state index < -0.39 is 0 Å². The fourth-order valence-corrected chi connectivity index (χ4v) is 1.35. The van der Waals surface area contributed by atoms with E-state index >= 15 is 0 Å². The summed E-state index contributed by atoms with van der Waals surface area (Å²) in [5.41, 5.74) is 5.17. The van der Waals surface area contributed by atoms with Gasteiger partial charge in [-0.05, 0) is 12.8 Å². The molecule has 20 heavy (non-hydrogen) atoms. The number of nitrogens with one attached hydrogen (secondary N) is 1. The molecule has 1 aromatic rings. The van der Waals surface area contributed by atoms with Gasteiger partial charge in [0.05, 0.1) is 6.20 Å². The first kappa shape index (κ1) is 16.2. The van der Waals surface area contributed by atoms with E-state index in [2.05, 4.69) is 10.4 Å². The summed E-state index contributed by atoms with van der Waals surface area (Å²) in [5.74, 6) is 0.473. The Morgan fingerprint density at radius 1 is 1.50 bits per heavy atom. The van der Waals surface area contributed by atoms with Gasteiger partial charge in [-0.1, -0.05) is 13.8 Å². The van der Waals surface area contributed by atoms with Crippen molar-refractivity contribution in [2.75, 3.05) is 13.2 Å². The summed E-state index contributed by atoms with van der Waals surface area (Å²) in [5, 5.41) is 6.63. The molecular formula is C13H22N4O3. The number of hydrogen-bond donors (Lipinski definition) is 2. The second-order valence-corrected chi connectivity index (χ2v) is 5.17. The molecule has 1 amide bonds. The zero-order chi connectivity index (χ0) is 15.1. The average Bonchev–Trinajstić information content (AvgIpc) is 2.36. The topological polar surface area (TPSA) is 99.2 Å². The molecule has 1 unspecified atom stereocenters. The van der Waals surface area contributed by atoms with Crippen LogP contribution in [0.15, 0.2) is 17.1 Å². The lowest BCUT2D eigenvalue weighted by Crippen LogP contribution is -2.35. The Morgan fingerprint density at radius 2 is 2.20 bits per heavy atom. The first-order valence-corrected chi connectivity index (χ1v) is 6.60. The van der Waals surface area contributed by atoms with Crippen LogP contribution in [0.4, 0.5) is 0 Å². The molecule has 0 saturated carbocycles. The zero-order valence-corrected chi connectivity index (χ0v) is 12.1. The standard InChI is InChI=1S/C13H22N4O3/c1-9(2)5-15-12(18)7-17-13(19)4-11(6-16-17)20-8-10(3)14/h4,6,9-10H,5,7-8,14H2,1-3H3,(H,15,18). The molecule has 3 N–H and O–H groups in total. The molecular weight excluding hydrogens is 260 g/mol. The van der Waals surface area contributed by atoms with Gasteiger partial charge >= 0.3 is 0 Å². The van der Waals surface area contributed by atoms with Crippen molar-refractivity contribution in [3.05, 3.63) is 22.6 Å². The van der Waals surface area contributed by atoms with E-state index in [0.717, 1.165) is 4.68 Å². The molecule has 0 spiro atoms. The van der Waals surface area contributed by atoms with Crippen molar-refractivity contribution >= 4 is 5.91 Å². The summed E-state index contributed by atoms with van der Waals surface area (Å²) >= 11 is 0. The van der Waals surface area contributed by atoms with Crippen LogP contribution in [0.3, 0.4) is 0 Å². The molecule has 7 heteroatoms. The lowest BCUT2D eigenvalue weighted by Gasteiger charge is -2.10. The second-order valence-electron chi connectivity index (χ2n) is 5.17. The van der Waals surface area contributed by atoms with Crippen LogP contribution in [-0.4, -0.2) is 34.9 Å². The number of rotatable bonds is 7. The van der Waals surface area contributed by atoms with Gasteiger partial charge in [0.15, 0.2) is 0 Å². The smallest absolute Gasteiger partial charge is 0.270 e. The minimum absolute atomic E-state index is 0.0981. The highest BCUT2D eigenvalue weighted by atomic mass is 16.5. The summed E-state index contributed by atoms with van der Waals surface area (Å²) in [6.07, 6.45) is 1.40. The van der Waals surface area contributed by atoms with E-state index in [1.165, 1.54) is 12.3 Å². The third-order valence-corrected chi connectivity index (χ3v) is 2.36. The normalized spacial score (nSPS) is 12.2. The maximum Gasteiger partial charge on any atom is 0.270 e. The number of ether oxygens (including phenoxy) is 1. The maximum atomic E-state index is 11.8. The van der Waals surface area contributed by atoms with Gasteiger partial charge in [-0.2, -0.15) is 5.10 Å². The third-order valence-electron chi connectivity index (χ3n) is 2.36. The summed E-state index contributed by atoms with van der Waals surface area (Å²) in [4.78, 5) is 23.4. The molecule has 0 aliphatic heterocycles. The fraction of sp³-hybridized carbons (Fsp3) is 0.615. The van der Waals surface area contributed by atoms with Crippen LogP contribution in [-0.2, 0) is 11.3 Å². The molecule has 0 aliphatic carbocycles. The van der Waals surface area contributed by atoms with Crippen LogP contribution in [0.2, 0.25) is 0 Å². The Labute approximate surface area is 118 Å². The summed E-state index contributed by atoms with van der Waals surface area (Å²) in [6, 6.07) is 1.17. The van der Waals surface area contributed by atoms with Gasteiger partial charge in [-0.15, -0.1) is 0 Å². The largest absolute Gasteiger partial charge is 0.490 e. The quantitative estimate of drug-likeness (QED) is 0.718. The van der Waals surface area contributed by atoms with E-state index in [4.69, 9.17) is 10.5 Å². The molecule has 0 bridgehead atoms. The molecule has 0 radical (unpaired) electrons. The molecule has 0 fully saturated rings. The molecule has 112 valence electrons. The first-order valence-electron chi connectivity index (χ1n) is 6.60. The SMILES string of the molecule is CC(C)CNC(=O)Cn1ncc(OCC(C)N)cc1=O. The number of nitrogens with two attached hydrogens (primary N) is 1.